The average molecular weight is 237 g/mol. The number of likely N-dealkylation sites (tertiary alicyclic amines) is 1. The summed E-state index contributed by atoms with van der Waals surface area (Å²) in [6.45, 7) is 2.38. The van der Waals surface area contributed by atoms with Crippen LogP contribution in [0.3, 0.4) is 0 Å². The Balaban J connectivity index is 1.81. The highest BCUT2D eigenvalue weighted by molar-refractivity contribution is 7.07. The van der Waals surface area contributed by atoms with E-state index >= 15 is 0 Å². The molecule has 3 nitrogen and oxygen atoms in total. The largest absolute Gasteiger partial charge is 0.319 e. The molecule has 1 aromatic heterocycles. The molecule has 0 bridgehead atoms. The molecule has 4 heteroatoms. The molecule has 1 aliphatic carbocycles. The van der Waals surface area contributed by atoms with E-state index in [-0.39, 0.29) is 0 Å². The van der Waals surface area contributed by atoms with Gasteiger partial charge in [-0.3, -0.25) is 4.90 Å². The van der Waals surface area contributed by atoms with Crippen molar-refractivity contribution in [3.8, 4) is 0 Å². The van der Waals surface area contributed by atoms with Gasteiger partial charge >= 0.3 is 0 Å². The van der Waals surface area contributed by atoms with Gasteiger partial charge in [-0.05, 0) is 45.3 Å². The van der Waals surface area contributed by atoms with E-state index in [0.29, 0.717) is 6.04 Å². The van der Waals surface area contributed by atoms with Gasteiger partial charge in [0, 0.05) is 11.4 Å². The molecule has 0 spiro atoms. The van der Waals surface area contributed by atoms with Crippen LogP contribution in [0, 0.1) is 5.92 Å². The van der Waals surface area contributed by atoms with Crippen molar-refractivity contribution in [3.05, 3.63) is 16.6 Å². The predicted octanol–water partition coefficient (Wildman–Crippen LogP) is 1.89. The lowest BCUT2D eigenvalue weighted by Gasteiger charge is -2.26. The Labute approximate surface area is 101 Å². The second kappa shape index (κ2) is 4.43. The van der Waals surface area contributed by atoms with Gasteiger partial charge in [-0.1, -0.05) is 0 Å². The van der Waals surface area contributed by atoms with E-state index in [9.17, 15) is 0 Å². The summed E-state index contributed by atoms with van der Waals surface area (Å²) in [5, 5.41) is 5.56. The Morgan fingerprint density at radius 2 is 2.38 bits per heavy atom. The van der Waals surface area contributed by atoms with Crippen molar-refractivity contribution in [2.24, 2.45) is 5.92 Å². The Morgan fingerprint density at radius 3 is 3.00 bits per heavy atom. The summed E-state index contributed by atoms with van der Waals surface area (Å²) < 4.78 is 0. The van der Waals surface area contributed by atoms with Crippen LogP contribution in [-0.2, 0) is 0 Å². The highest BCUT2D eigenvalue weighted by Crippen LogP contribution is 2.43. The van der Waals surface area contributed by atoms with Crippen LogP contribution in [0.4, 0.5) is 0 Å². The lowest BCUT2D eigenvalue weighted by Crippen LogP contribution is -2.30. The van der Waals surface area contributed by atoms with Crippen LogP contribution in [0.25, 0.3) is 0 Å². The first-order valence-corrected chi connectivity index (χ1v) is 7.13. The Morgan fingerprint density at radius 1 is 1.50 bits per heavy atom. The minimum atomic E-state index is 0.575. The molecule has 2 fully saturated rings. The van der Waals surface area contributed by atoms with Crippen LogP contribution in [0.2, 0.25) is 0 Å². The highest BCUT2D eigenvalue weighted by Gasteiger charge is 2.42. The molecule has 16 heavy (non-hydrogen) atoms. The van der Waals surface area contributed by atoms with Crippen LogP contribution in [0.1, 0.15) is 31.0 Å². The zero-order valence-corrected chi connectivity index (χ0v) is 10.5. The molecule has 2 heterocycles. The molecule has 2 unspecified atom stereocenters. The number of aromatic nitrogens is 1. The molecule has 1 aromatic rings. The Kier molecular flexibility index (Phi) is 2.96. The summed E-state index contributed by atoms with van der Waals surface area (Å²) >= 11 is 1.72. The van der Waals surface area contributed by atoms with Crippen LogP contribution < -0.4 is 5.32 Å². The van der Waals surface area contributed by atoms with Gasteiger partial charge in [-0.25, -0.2) is 4.98 Å². The van der Waals surface area contributed by atoms with Gasteiger partial charge in [-0.2, -0.15) is 0 Å². The van der Waals surface area contributed by atoms with Crippen LogP contribution in [0.5, 0.6) is 0 Å². The quantitative estimate of drug-likeness (QED) is 0.867. The summed E-state index contributed by atoms with van der Waals surface area (Å²) in [4.78, 5) is 7.23. The molecule has 0 amide bonds. The molecule has 2 atom stereocenters. The molecule has 1 N–H and O–H groups in total. The van der Waals surface area contributed by atoms with Gasteiger partial charge in [0.05, 0.1) is 17.2 Å². The van der Waals surface area contributed by atoms with E-state index in [1.54, 1.807) is 11.3 Å². The van der Waals surface area contributed by atoms with Gasteiger partial charge in [0.2, 0.25) is 0 Å². The third-order valence-corrected chi connectivity index (χ3v) is 4.40. The summed E-state index contributed by atoms with van der Waals surface area (Å²) in [5.41, 5.74) is 3.27. The Bertz CT molecular complexity index is 334. The maximum Gasteiger partial charge on any atom is 0.0795 e. The number of rotatable bonds is 4. The third kappa shape index (κ3) is 1.90. The van der Waals surface area contributed by atoms with Gasteiger partial charge in [-0.15, -0.1) is 11.3 Å². The maximum atomic E-state index is 4.54. The molecule has 2 aliphatic rings. The fourth-order valence-electron chi connectivity index (χ4n) is 2.95. The van der Waals surface area contributed by atoms with Crippen LogP contribution in [0.15, 0.2) is 10.9 Å². The highest BCUT2D eigenvalue weighted by atomic mass is 32.1. The van der Waals surface area contributed by atoms with Crippen molar-refractivity contribution in [1.29, 1.82) is 0 Å². The minimum absolute atomic E-state index is 0.575. The summed E-state index contributed by atoms with van der Waals surface area (Å²) in [6.07, 6.45) is 4.11. The number of thiazole rings is 1. The summed E-state index contributed by atoms with van der Waals surface area (Å²) in [5.74, 6) is 0.743. The van der Waals surface area contributed by atoms with Crippen molar-refractivity contribution >= 4 is 11.3 Å². The summed E-state index contributed by atoms with van der Waals surface area (Å²) in [7, 11) is 2.05. The normalized spacial score (nSPS) is 31.1. The second-order valence-corrected chi connectivity index (χ2v) is 5.65. The topological polar surface area (TPSA) is 28.2 Å². The fourth-order valence-corrected chi connectivity index (χ4v) is 3.54. The van der Waals surface area contributed by atoms with Crippen molar-refractivity contribution in [2.45, 2.75) is 31.3 Å². The minimum Gasteiger partial charge on any atom is -0.319 e. The monoisotopic (exact) mass is 237 g/mol. The van der Waals surface area contributed by atoms with Gasteiger partial charge < -0.3 is 5.32 Å². The molecular formula is C12H19N3S. The molecule has 1 saturated heterocycles. The molecule has 0 aromatic carbocycles. The van der Waals surface area contributed by atoms with E-state index in [2.05, 4.69) is 27.6 Å². The van der Waals surface area contributed by atoms with E-state index in [1.807, 2.05) is 5.51 Å². The smallest absolute Gasteiger partial charge is 0.0795 e. The van der Waals surface area contributed by atoms with Crippen LogP contribution >= 0.6 is 11.3 Å². The molecule has 1 saturated carbocycles. The zero-order valence-electron chi connectivity index (χ0n) is 9.72. The lowest BCUT2D eigenvalue weighted by atomic mass is 9.98. The van der Waals surface area contributed by atoms with Crippen LogP contribution in [-0.4, -0.2) is 36.1 Å². The molecular weight excluding hydrogens is 218 g/mol. The zero-order chi connectivity index (χ0) is 11.0. The van der Waals surface area contributed by atoms with Crippen molar-refractivity contribution < 1.29 is 0 Å². The van der Waals surface area contributed by atoms with E-state index in [0.717, 1.165) is 18.5 Å². The first kappa shape index (κ1) is 10.7. The molecule has 1 aliphatic heterocycles. The first-order chi connectivity index (χ1) is 7.90. The van der Waals surface area contributed by atoms with Crippen molar-refractivity contribution in [1.82, 2.24) is 15.2 Å². The molecule has 3 rings (SSSR count). The molecule has 0 radical (unpaired) electrons. The van der Waals surface area contributed by atoms with E-state index < -0.39 is 0 Å². The summed E-state index contributed by atoms with van der Waals surface area (Å²) in [6, 6.07) is 1.43. The van der Waals surface area contributed by atoms with Crippen molar-refractivity contribution in [3.63, 3.8) is 0 Å². The fraction of sp³-hybridized carbons (Fsp3) is 0.750. The SMILES string of the molecule is CNCC1CCN(C2CC2)C1c1cscn1. The van der Waals surface area contributed by atoms with Gasteiger partial charge in [0.1, 0.15) is 0 Å². The van der Waals surface area contributed by atoms with Gasteiger partial charge in [0.15, 0.2) is 0 Å². The van der Waals surface area contributed by atoms with E-state index in [4.69, 9.17) is 0 Å². The van der Waals surface area contributed by atoms with Crippen molar-refractivity contribution in [2.75, 3.05) is 20.1 Å². The Hall–Kier alpha value is -0.450. The predicted molar refractivity (Wildman–Crippen MR) is 66.6 cm³/mol. The second-order valence-electron chi connectivity index (χ2n) is 4.93. The standard InChI is InChI=1S/C12H19N3S/c1-13-6-9-4-5-15(10-2-3-10)12(9)11-7-16-8-14-11/h7-10,12-13H,2-6H2,1H3. The maximum absolute atomic E-state index is 4.54. The number of hydrogen-bond acceptors (Lipinski definition) is 4. The van der Waals surface area contributed by atoms with Gasteiger partial charge in [0.25, 0.3) is 0 Å². The number of nitrogens with zero attached hydrogens (tertiary/aromatic N) is 2. The molecule has 88 valence electrons. The number of nitrogens with one attached hydrogen (secondary N) is 1. The van der Waals surface area contributed by atoms with E-state index in [1.165, 1.54) is 31.5 Å². The third-order valence-electron chi connectivity index (χ3n) is 3.80. The average Bonchev–Trinajstić information content (AvgIpc) is 2.84. The lowest BCUT2D eigenvalue weighted by molar-refractivity contribution is 0.213. The first-order valence-electron chi connectivity index (χ1n) is 6.18. The number of hydrogen-bond donors (Lipinski definition) is 1.